The highest BCUT2D eigenvalue weighted by molar-refractivity contribution is 9.10. The molecule has 0 unspecified atom stereocenters. The predicted octanol–water partition coefficient (Wildman–Crippen LogP) is 3.26. The number of ether oxygens (including phenoxy) is 1. The molecule has 3 heterocycles. The van der Waals surface area contributed by atoms with Crippen LogP contribution in [0, 0.1) is 0 Å². The first-order valence-corrected chi connectivity index (χ1v) is 10.7. The molecular formula is C22H21BrN4O4. The van der Waals surface area contributed by atoms with Crippen molar-refractivity contribution >= 4 is 22.0 Å². The maximum Gasteiger partial charge on any atom is 0.407 e. The molecule has 31 heavy (non-hydrogen) atoms. The van der Waals surface area contributed by atoms with Gasteiger partial charge in [-0.1, -0.05) is 18.2 Å². The first kappa shape index (κ1) is 21.0. The van der Waals surface area contributed by atoms with Crippen LogP contribution in [-0.2, 0) is 32.5 Å². The van der Waals surface area contributed by atoms with E-state index in [1.165, 1.54) is 27.4 Å². The zero-order valence-electron chi connectivity index (χ0n) is 16.7. The maximum absolute atomic E-state index is 12.4. The molecule has 0 saturated carbocycles. The third-order valence-electron chi connectivity index (χ3n) is 5.19. The molecule has 0 atom stereocenters. The second-order valence-corrected chi connectivity index (χ2v) is 8.23. The zero-order valence-corrected chi connectivity index (χ0v) is 18.3. The van der Waals surface area contributed by atoms with Gasteiger partial charge in [0.05, 0.1) is 11.9 Å². The Hall–Kier alpha value is -3.20. The second kappa shape index (κ2) is 9.30. The standard InChI is InChI=1S/C22H21BrN4O4/c23-18-3-4-19(24-11-18)14-31-20-10-21(28)27(25-12-20)8-5-15-1-2-17-13-26(22(29)30)7-6-16(17)9-15/h1-4,9-12H,5-8,13-14H2,(H,29,30). The number of carbonyl (C=O) groups is 1. The minimum atomic E-state index is -0.888. The number of fused-ring (bicyclic) bond motifs is 1. The van der Waals surface area contributed by atoms with Gasteiger partial charge in [-0.05, 0) is 57.6 Å². The number of aryl methyl sites for hydroxylation is 2. The van der Waals surface area contributed by atoms with Crippen LogP contribution in [0.2, 0.25) is 0 Å². The molecule has 0 fully saturated rings. The van der Waals surface area contributed by atoms with Gasteiger partial charge in [0.2, 0.25) is 0 Å². The molecule has 0 aliphatic carbocycles. The number of amides is 1. The number of rotatable bonds is 6. The number of halogens is 1. The molecule has 0 saturated heterocycles. The fourth-order valence-corrected chi connectivity index (χ4v) is 3.71. The number of aromatic nitrogens is 3. The van der Waals surface area contributed by atoms with Crippen molar-refractivity contribution in [2.24, 2.45) is 0 Å². The summed E-state index contributed by atoms with van der Waals surface area (Å²) in [6, 6.07) is 11.2. The molecule has 160 valence electrons. The molecule has 0 radical (unpaired) electrons. The van der Waals surface area contributed by atoms with E-state index in [1.807, 2.05) is 24.3 Å². The Balaban J connectivity index is 1.35. The van der Waals surface area contributed by atoms with Crippen LogP contribution >= 0.6 is 15.9 Å². The van der Waals surface area contributed by atoms with Gasteiger partial charge in [0, 0.05) is 36.4 Å². The molecule has 0 spiro atoms. The first-order chi connectivity index (χ1) is 15.0. The summed E-state index contributed by atoms with van der Waals surface area (Å²) >= 11 is 3.34. The van der Waals surface area contributed by atoms with E-state index in [-0.39, 0.29) is 12.2 Å². The average molecular weight is 485 g/mol. The van der Waals surface area contributed by atoms with E-state index in [9.17, 15) is 9.59 Å². The lowest BCUT2D eigenvalue weighted by Crippen LogP contribution is -2.34. The SMILES string of the molecule is O=C(O)N1CCc2cc(CCn3ncc(OCc4ccc(Br)cn4)cc3=O)ccc2C1. The van der Waals surface area contributed by atoms with Gasteiger partial charge in [0.1, 0.15) is 12.4 Å². The molecular weight excluding hydrogens is 464 g/mol. The number of pyridine rings is 1. The Kier molecular flexibility index (Phi) is 6.31. The number of carboxylic acid groups (broad SMARTS) is 1. The Bertz CT molecular complexity index is 1150. The van der Waals surface area contributed by atoms with E-state index in [1.54, 1.807) is 6.20 Å². The smallest absolute Gasteiger partial charge is 0.407 e. The molecule has 9 heteroatoms. The molecule has 1 amide bonds. The maximum atomic E-state index is 12.4. The third kappa shape index (κ3) is 5.29. The topological polar surface area (TPSA) is 97.6 Å². The van der Waals surface area contributed by atoms with Gasteiger partial charge < -0.3 is 14.7 Å². The van der Waals surface area contributed by atoms with E-state index in [4.69, 9.17) is 9.84 Å². The van der Waals surface area contributed by atoms with Crippen LogP contribution in [0.15, 0.2) is 58.1 Å². The average Bonchev–Trinajstić information content (AvgIpc) is 2.77. The summed E-state index contributed by atoms with van der Waals surface area (Å²) in [6.07, 6.45) is 3.70. The van der Waals surface area contributed by atoms with Crippen LogP contribution in [0.1, 0.15) is 22.4 Å². The Morgan fingerprint density at radius 1 is 1.16 bits per heavy atom. The monoisotopic (exact) mass is 484 g/mol. The minimum absolute atomic E-state index is 0.226. The Morgan fingerprint density at radius 2 is 2.03 bits per heavy atom. The van der Waals surface area contributed by atoms with Crippen molar-refractivity contribution in [3.63, 3.8) is 0 Å². The van der Waals surface area contributed by atoms with Crippen molar-refractivity contribution in [2.45, 2.75) is 32.5 Å². The lowest BCUT2D eigenvalue weighted by atomic mass is 9.96. The molecule has 0 bridgehead atoms. The summed E-state index contributed by atoms with van der Waals surface area (Å²) < 4.78 is 7.92. The van der Waals surface area contributed by atoms with Crippen molar-refractivity contribution in [2.75, 3.05) is 6.54 Å². The van der Waals surface area contributed by atoms with E-state index >= 15 is 0 Å². The molecule has 1 N–H and O–H groups in total. The van der Waals surface area contributed by atoms with Crippen LogP contribution in [-0.4, -0.2) is 37.4 Å². The molecule has 1 aromatic carbocycles. The van der Waals surface area contributed by atoms with E-state index in [2.05, 4.69) is 32.1 Å². The molecule has 4 rings (SSSR count). The predicted molar refractivity (Wildman–Crippen MR) is 117 cm³/mol. The van der Waals surface area contributed by atoms with E-state index < -0.39 is 6.09 Å². The van der Waals surface area contributed by atoms with Crippen molar-refractivity contribution in [1.82, 2.24) is 19.7 Å². The number of hydrogen-bond donors (Lipinski definition) is 1. The fourth-order valence-electron chi connectivity index (χ4n) is 3.47. The van der Waals surface area contributed by atoms with Crippen molar-refractivity contribution < 1.29 is 14.6 Å². The van der Waals surface area contributed by atoms with E-state index in [0.717, 1.165) is 21.3 Å². The van der Waals surface area contributed by atoms with Crippen LogP contribution in [0.5, 0.6) is 5.75 Å². The summed E-state index contributed by atoms with van der Waals surface area (Å²) in [5.74, 6) is 0.405. The van der Waals surface area contributed by atoms with Crippen LogP contribution in [0.25, 0.3) is 0 Å². The summed E-state index contributed by atoms with van der Waals surface area (Å²) in [4.78, 5) is 29.2. The Morgan fingerprint density at radius 3 is 2.77 bits per heavy atom. The molecule has 1 aliphatic heterocycles. The summed E-state index contributed by atoms with van der Waals surface area (Å²) in [5, 5.41) is 13.4. The van der Waals surface area contributed by atoms with E-state index in [0.29, 0.717) is 38.2 Å². The first-order valence-electron chi connectivity index (χ1n) is 9.87. The lowest BCUT2D eigenvalue weighted by molar-refractivity contribution is 0.140. The van der Waals surface area contributed by atoms with Gasteiger partial charge in [-0.3, -0.25) is 9.78 Å². The number of benzene rings is 1. The van der Waals surface area contributed by atoms with Gasteiger partial charge in [-0.15, -0.1) is 0 Å². The van der Waals surface area contributed by atoms with Gasteiger partial charge in [-0.25, -0.2) is 9.48 Å². The van der Waals surface area contributed by atoms with Gasteiger partial charge in [0.25, 0.3) is 5.56 Å². The summed E-state index contributed by atoms with van der Waals surface area (Å²) in [5.41, 5.74) is 3.83. The summed E-state index contributed by atoms with van der Waals surface area (Å²) in [7, 11) is 0. The highest BCUT2D eigenvalue weighted by Crippen LogP contribution is 2.21. The zero-order chi connectivity index (χ0) is 21.8. The molecule has 3 aromatic rings. The second-order valence-electron chi connectivity index (χ2n) is 7.32. The van der Waals surface area contributed by atoms with Crippen LogP contribution < -0.4 is 10.3 Å². The van der Waals surface area contributed by atoms with Crippen molar-refractivity contribution in [3.8, 4) is 5.75 Å². The van der Waals surface area contributed by atoms with Gasteiger partial charge in [0.15, 0.2) is 0 Å². The largest absolute Gasteiger partial charge is 0.485 e. The minimum Gasteiger partial charge on any atom is -0.485 e. The highest BCUT2D eigenvalue weighted by Gasteiger charge is 2.19. The summed E-state index contributed by atoms with van der Waals surface area (Å²) in [6.45, 7) is 1.63. The van der Waals surface area contributed by atoms with Crippen LogP contribution in [0.4, 0.5) is 4.79 Å². The number of hydrogen-bond acceptors (Lipinski definition) is 5. The third-order valence-corrected chi connectivity index (χ3v) is 5.65. The number of nitrogens with zero attached hydrogens (tertiary/aromatic N) is 4. The van der Waals surface area contributed by atoms with Crippen molar-refractivity contribution in [1.29, 1.82) is 0 Å². The molecule has 8 nitrogen and oxygen atoms in total. The lowest BCUT2D eigenvalue weighted by Gasteiger charge is -2.26. The van der Waals surface area contributed by atoms with Gasteiger partial charge >= 0.3 is 6.09 Å². The van der Waals surface area contributed by atoms with Crippen molar-refractivity contribution in [3.05, 3.63) is 86.0 Å². The quantitative estimate of drug-likeness (QED) is 0.576. The molecule has 2 aromatic heterocycles. The van der Waals surface area contributed by atoms with Gasteiger partial charge in [-0.2, -0.15) is 5.10 Å². The fraction of sp³-hybridized carbons (Fsp3) is 0.273. The van der Waals surface area contributed by atoms with Crippen LogP contribution in [0.3, 0.4) is 0 Å². The normalized spacial score (nSPS) is 13.0. The molecule has 1 aliphatic rings. The highest BCUT2D eigenvalue weighted by atomic mass is 79.9. The Labute approximate surface area is 187 Å².